The summed E-state index contributed by atoms with van der Waals surface area (Å²) >= 11 is 6.53. The fourth-order valence-corrected chi connectivity index (χ4v) is 1.16. The maximum absolute atomic E-state index is 9.80. The number of amides is 2. The van der Waals surface area contributed by atoms with E-state index in [9.17, 15) is 4.79 Å². The Balaban J connectivity index is -0.000000200. The minimum absolute atomic E-state index is 0.266. The van der Waals surface area contributed by atoms with E-state index < -0.39 is 5.24 Å². The van der Waals surface area contributed by atoms with E-state index in [1.54, 1.807) is 0 Å². The average molecular weight is 297 g/mol. The second-order valence-electron chi connectivity index (χ2n) is 3.59. The third-order valence-corrected chi connectivity index (χ3v) is 1.94. The fraction of sp³-hybridized carbons (Fsp3) is 0.833. The molecular weight excluding hydrogens is 268 g/mol. The Hall–Kier alpha value is -0.360. The van der Waals surface area contributed by atoms with Crippen molar-refractivity contribution in [2.24, 2.45) is 5.73 Å². The van der Waals surface area contributed by atoms with Gasteiger partial charge in [0.05, 0.1) is 0 Å². The Morgan fingerprint density at radius 2 is 1.28 bits per heavy atom. The van der Waals surface area contributed by atoms with Crippen molar-refractivity contribution in [2.75, 3.05) is 6.54 Å². The van der Waals surface area contributed by atoms with Crippen LogP contribution in [0.4, 0.5) is 9.59 Å². The number of carbonyl (C=O) groups excluding carboxylic acids is 2. The molecule has 0 rings (SSSR count). The quantitative estimate of drug-likeness (QED) is 0.442. The molecule has 0 aliphatic carbocycles. The van der Waals surface area contributed by atoms with Gasteiger partial charge in [0.1, 0.15) is 0 Å². The van der Waals surface area contributed by atoms with Gasteiger partial charge in [-0.1, -0.05) is 77.6 Å². The van der Waals surface area contributed by atoms with Crippen molar-refractivity contribution in [1.29, 1.82) is 0 Å². The largest absolute Gasteiger partial charge is 0.361 e. The van der Waals surface area contributed by atoms with Gasteiger partial charge in [-0.15, -0.1) is 0 Å². The van der Waals surface area contributed by atoms with Gasteiger partial charge in [0, 0.05) is 6.54 Å². The SMILES string of the molecule is CCCCCCCC.CCNC(=O)S.NC(=O)S. The molecule has 6 heteroatoms. The smallest absolute Gasteiger partial charge is 0.275 e. The van der Waals surface area contributed by atoms with Crippen molar-refractivity contribution in [3.05, 3.63) is 0 Å². The van der Waals surface area contributed by atoms with Crippen molar-refractivity contribution in [2.45, 2.75) is 59.3 Å². The van der Waals surface area contributed by atoms with E-state index in [0.717, 1.165) is 0 Å². The Morgan fingerprint density at radius 3 is 1.39 bits per heavy atom. The molecule has 0 heterocycles. The van der Waals surface area contributed by atoms with Crippen molar-refractivity contribution in [3.63, 3.8) is 0 Å². The summed E-state index contributed by atoms with van der Waals surface area (Å²) in [5, 5.41) is 1.53. The van der Waals surface area contributed by atoms with Crippen LogP contribution in [0.2, 0.25) is 0 Å². The lowest BCUT2D eigenvalue weighted by atomic mass is 10.1. The molecule has 4 nitrogen and oxygen atoms in total. The summed E-state index contributed by atoms with van der Waals surface area (Å²) in [6, 6.07) is 0. The molecule has 0 atom stereocenters. The lowest BCUT2D eigenvalue weighted by Crippen LogP contribution is -2.14. The van der Waals surface area contributed by atoms with Crippen LogP contribution in [-0.2, 0) is 0 Å². The standard InChI is InChI=1S/C8H18.C3H7NOS.CH3NOS/c1-3-5-7-8-6-4-2;1-2-4-3(5)6;2-1(3)4/h3-8H2,1-2H3;2H2,1H3,(H2,4,5,6);(H3,2,3,4). The maximum Gasteiger partial charge on any atom is 0.275 e. The van der Waals surface area contributed by atoms with E-state index in [1.165, 1.54) is 38.5 Å². The van der Waals surface area contributed by atoms with Crippen LogP contribution in [0.5, 0.6) is 0 Å². The van der Waals surface area contributed by atoms with Gasteiger partial charge < -0.3 is 11.1 Å². The fourth-order valence-electron chi connectivity index (χ4n) is 1.00. The van der Waals surface area contributed by atoms with Gasteiger partial charge in [0.15, 0.2) is 0 Å². The zero-order valence-corrected chi connectivity index (χ0v) is 13.5. The Labute approximate surface area is 122 Å². The van der Waals surface area contributed by atoms with E-state index >= 15 is 0 Å². The second-order valence-corrected chi connectivity index (χ2v) is 4.43. The minimum Gasteiger partial charge on any atom is -0.361 e. The Morgan fingerprint density at radius 1 is 0.944 bits per heavy atom. The van der Waals surface area contributed by atoms with Crippen molar-refractivity contribution < 1.29 is 9.59 Å². The molecule has 0 aliphatic heterocycles. The highest BCUT2D eigenvalue weighted by Gasteiger charge is 1.83. The summed E-state index contributed by atoms with van der Waals surface area (Å²) in [5.74, 6) is 0. The predicted octanol–water partition coefficient (Wildman–Crippen LogP) is 4.01. The normalized spacial score (nSPS) is 8.28. The molecule has 0 aromatic rings. The number of nitrogens with one attached hydrogen (secondary N) is 1. The summed E-state index contributed by atoms with van der Waals surface area (Å²) in [6.07, 6.45) is 8.49. The molecule has 0 aromatic carbocycles. The zero-order chi connectivity index (χ0) is 14.8. The van der Waals surface area contributed by atoms with Crippen LogP contribution >= 0.6 is 25.3 Å². The molecule has 18 heavy (non-hydrogen) atoms. The Kier molecular flexibility index (Phi) is 27.7. The number of hydrogen-bond acceptors (Lipinski definition) is 2. The van der Waals surface area contributed by atoms with Crippen LogP contribution in [0, 0.1) is 0 Å². The molecule has 0 radical (unpaired) electrons. The molecule has 0 aliphatic rings. The van der Waals surface area contributed by atoms with Crippen LogP contribution < -0.4 is 11.1 Å². The maximum atomic E-state index is 9.80. The molecule has 0 unspecified atom stereocenters. The summed E-state index contributed by atoms with van der Waals surface area (Å²) in [4.78, 5) is 18.9. The van der Waals surface area contributed by atoms with Gasteiger partial charge in [-0.05, 0) is 6.92 Å². The monoisotopic (exact) mass is 296 g/mol. The molecule has 0 saturated heterocycles. The van der Waals surface area contributed by atoms with Crippen molar-refractivity contribution >= 4 is 35.7 Å². The van der Waals surface area contributed by atoms with Gasteiger partial charge in [-0.3, -0.25) is 9.59 Å². The highest BCUT2D eigenvalue weighted by Crippen LogP contribution is 2.03. The number of thiol groups is 2. The summed E-state index contributed by atoms with van der Waals surface area (Å²) < 4.78 is 0. The van der Waals surface area contributed by atoms with Crippen LogP contribution in [0.25, 0.3) is 0 Å². The number of hydrogen-bond donors (Lipinski definition) is 4. The van der Waals surface area contributed by atoms with E-state index in [2.05, 4.69) is 50.2 Å². The van der Waals surface area contributed by atoms with Gasteiger partial charge in [0.25, 0.3) is 10.5 Å². The van der Waals surface area contributed by atoms with Gasteiger partial charge in [0.2, 0.25) is 0 Å². The highest BCUT2D eigenvalue weighted by atomic mass is 32.1. The van der Waals surface area contributed by atoms with E-state index in [1.807, 2.05) is 6.92 Å². The highest BCUT2D eigenvalue weighted by molar-refractivity contribution is 7.96. The molecule has 0 aromatic heterocycles. The molecule has 0 spiro atoms. The van der Waals surface area contributed by atoms with Gasteiger partial charge in [-0.25, -0.2) is 0 Å². The third kappa shape index (κ3) is 57.4. The molecule has 0 fully saturated rings. The number of unbranched alkanes of at least 4 members (excludes halogenated alkanes) is 5. The van der Waals surface area contributed by atoms with Crippen LogP contribution in [0.15, 0.2) is 0 Å². The second kappa shape index (κ2) is 21.9. The van der Waals surface area contributed by atoms with E-state index in [4.69, 9.17) is 4.79 Å². The van der Waals surface area contributed by atoms with Crippen LogP contribution in [0.1, 0.15) is 59.3 Å². The lowest BCUT2D eigenvalue weighted by molar-refractivity contribution is 0.261. The van der Waals surface area contributed by atoms with E-state index in [0.29, 0.717) is 6.54 Å². The summed E-state index contributed by atoms with van der Waals surface area (Å²) in [6.45, 7) is 7.01. The third-order valence-electron chi connectivity index (χ3n) is 1.79. The lowest BCUT2D eigenvalue weighted by Gasteiger charge is -1.93. The molecule has 0 saturated carbocycles. The first kappa shape index (κ1) is 22.8. The average Bonchev–Trinajstić information content (AvgIpc) is 2.24. The molecule has 2 amide bonds. The first-order valence-corrected chi connectivity index (χ1v) is 7.26. The number of rotatable bonds is 6. The van der Waals surface area contributed by atoms with Crippen molar-refractivity contribution in [1.82, 2.24) is 5.32 Å². The minimum atomic E-state index is -0.639. The molecule has 3 N–H and O–H groups in total. The first-order valence-electron chi connectivity index (χ1n) is 6.37. The van der Waals surface area contributed by atoms with Crippen LogP contribution in [-0.4, -0.2) is 17.0 Å². The zero-order valence-electron chi connectivity index (χ0n) is 11.7. The van der Waals surface area contributed by atoms with Crippen molar-refractivity contribution in [3.8, 4) is 0 Å². The predicted molar refractivity (Wildman–Crippen MR) is 85.7 cm³/mol. The van der Waals surface area contributed by atoms with Gasteiger partial charge in [-0.2, -0.15) is 0 Å². The molecular formula is C12H28N2O2S2. The number of nitrogens with two attached hydrogens (primary N) is 1. The number of carbonyl (C=O) groups is 2. The number of primary amides is 1. The molecule has 0 bridgehead atoms. The van der Waals surface area contributed by atoms with E-state index in [-0.39, 0.29) is 5.24 Å². The molecule has 110 valence electrons. The summed E-state index contributed by atoms with van der Waals surface area (Å²) in [7, 11) is 0. The van der Waals surface area contributed by atoms with Gasteiger partial charge >= 0.3 is 0 Å². The Bertz CT molecular complexity index is 181. The van der Waals surface area contributed by atoms with Crippen LogP contribution in [0.3, 0.4) is 0 Å². The summed E-state index contributed by atoms with van der Waals surface area (Å²) in [5.41, 5.74) is 4.34. The topological polar surface area (TPSA) is 72.2 Å². The first-order chi connectivity index (χ1) is 8.42.